The van der Waals surface area contributed by atoms with Crippen molar-refractivity contribution in [2.24, 2.45) is 0 Å². The van der Waals surface area contributed by atoms with Crippen molar-refractivity contribution in [3.8, 4) is 0 Å². The number of rotatable bonds is 4. The molecule has 5 rings (SSSR count). The van der Waals surface area contributed by atoms with Crippen LogP contribution < -0.4 is 5.56 Å². The van der Waals surface area contributed by atoms with Crippen molar-refractivity contribution < 1.29 is 35.5 Å². The van der Waals surface area contributed by atoms with Gasteiger partial charge in [0.15, 0.2) is 5.82 Å². The molecule has 0 bridgehead atoms. The molecule has 2 aromatic carbocycles. The summed E-state index contributed by atoms with van der Waals surface area (Å²) in [5.41, 5.74) is -0.246. The van der Waals surface area contributed by atoms with Crippen molar-refractivity contribution in [1.82, 2.24) is 29.9 Å². The number of carbonyl (C=O) groups is 1. The third kappa shape index (κ3) is 5.02. The van der Waals surface area contributed by atoms with Crippen LogP contribution in [0.5, 0.6) is 0 Å². The van der Waals surface area contributed by atoms with Gasteiger partial charge in [0.2, 0.25) is 5.82 Å². The van der Waals surface area contributed by atoms with Crippen LogP contribution in [0.3, 0.4) is 0 Å². The zero-order valence-electron chi connectivity index (χ0n) is 20.5. The van der Waals surface area contributed by atoms with E-state index in [0.29, 0.717) is 31.5 Å². The molecule has 0 saturated carbocycles. The Hall–Kier alpha value is -4.30. The van der Waals surface area contributed by atoms with Gasteiger partial charge in [0.05, 0.1) is 29.1 Å². The molecule has 2 atom stereocenters. The zero-order chi connectivity index (χ0) is 29.0. The second kappa shape index (κ2) is 9.71. The lowest BCUT2D eigenvalue weighted by Crippen LogP contribution is -2.46. The molecular formula is C25H19F7N6O2. The number of nitrogens with zero attached hydrogens (tertiary/aromatic N) is 5. The van der Waals surface area contributed by atoms with Crippen LogP contribution in [0.1, 0.15) is 58.7 Å². The summed E-state index contributed by atoms with van der Waals surface area (Å²) in [6, 6.07) is 6.93. The summed E-state index contributed by atoms with van der Waals surface area (Å²) in [6.07, 6.45) is -11.6. The van der Waals surface area contributed by atoms with Crippen LogP contribution in [0.15, 0.2) is 47.3 Å². The molecule has 1 aliphatic rings. The molecule has 0 saturated heterocycles. The Morgan fingerprint density at radius 2 is 1.75 bits per heavy atom. The number of hydrogen-bond donors (Lipinski definition) is 1. The van der Waals surface area contributed by atoms with Crippen molar-refractivity contribution in [2.45, 2.75) is 44.2 Å². The van der Waals surface area contributed by atoms with Crippen LogP contribution in [-0.4, -0.2) is 48.5 Å². The number of hydrogen-bond acceptors (Lipinski definition) is 5. The third-order valence-electron chi connectivity index (χ3n) is 6.65. The first-order valence-electron chi connectivity index (χ1n) is 11.9. The Labute approximate surface area is 220 Å². The lowest BCUT2D eigenvalue weighted by Gasteiger charge is -2.39. The number of amides is 1. The number of halogens is 7. The predicted molar refractivity (Wildman–Crippen MR) is 126 cm³/mol. The standard InChI is InChI=1S/C25H19F7N6O2/c1-12-11-37(19(10-24(27,28)29)20-34-36-23(38(12)20)25(30,31)32)22(40)16-8-13(6-7-17(16)26)9-18-14-4-2-3-5-15(14)21(39)35-33-18/h2-8,12,19H,9-11H2,1H3,(H,35,39). The van der Waals surface area contributed by atoms with Gasteiger partial charge in [-0.3, -0.25) is 9.59 Å². The molecule has 8 nitrogen and oxygen atoms in total. The Kier molecular flexibility index (Phi) is 6.62. The first kappa shape index (κ1) is 27.3. The van der Waals surface area contributed by atoms with E-state index in [4.69, 9.17) is 0 Å². The van der Waals surface area contributed by atoms with Crippen molar-refractivity contribution in [3.63, 3.8) is 0 Å². The number of fused-ring (bicyclic) bond motifs is 2. The van der Waals surface area contributed by atoms with Gasteiger partial charge in [0.25, 0.3) is 11.5 Å². The Morgan fingerprint density at radius 3 is 2.42 bits per heavy atom. The fraction of sp³-hybridized carbons (Fsp3) is 0.320. The van der Waals surface area contributed by atoms with Gasteiger partial charge < -0.3 is 9.47 Å². The molecule has 0 radical (unpaired) electrons. The van der Waals surface area contributed by atoms with Gasteiger partial charge >= 0.3 is 12.4 Å². The average molecular weight is 568 g/mol. The molecule has 210 valence electrons. The van der Waals surface area contributed by atoms with Gasteiger partial charge in [0, 0.05) is 18.4 Å². The summed E-state index contributed by atoms with van der Waals surface area (Å²) in [5.74, 6) is -4.36. The monoisotopic (exact) mass is 568 g/mol. The molecule has 4 aromatic rings. The molecule has 15 heteroatoms. The van der Waals surface area contributed by atoms with E-state index in [0.717, 1.165) is 12.1 Å². The molecule has 1 amide bonds. The van der Waals surface area contributed by atoms with Crippen molar-refractivity contribution in [2.75, 3.05) is 6.54 Å². The summed E-state index contributed by atoms with van der Waals surface area (Å²) in [5, 5.41) is 13.7. The number of alkyl halides is 6. The van der Waals surface area contributed by atoms with Gasteiger partial charge in [-0.25, -0.2) is 9.49 Å². The van der Waals surface area contributed by atoms with Crippen LogP contribution in [0.4, 0.5) is 30.7 Å². The van der Waals surface area contributed by atoms with E-state index in [1.165, 1.54) is 13.0 Å². The molecule has 2 unspecified atom stereocenters. The van der Waals surface area contributed by atoms with Crippen LogP contribution >= 0.6 is 0 Å². The fourth-order valence-corrected chi connectivity index (χ4v) is 4.94. The number of aromatic nitrogens is 5. The quantitative estimate of drug-likeness (QED) is 0.351. The Morgan fingerprint density at radius 1 is 1.05 bits per heavy atom. The number of aromatic amines is 1. The number of H-pyrrole nitrogens is 1. The maximum atomic E-state index is 14.9. The minimum Gasteiger partial charge on any atom is -0.326 e. The molecule has 0 aliphatic carbocycles. The number of nitrogens with one attached hydrogen (secondary N) is 1. The average Bonchev–Trinajstić information content (AvgIpc) is 3.34. The normalized spacial score (nSPS) is 17.8. The second-order valence-corrected chi connectivity index (χ2v) is 9.43. The summed E-state index contributed by atoms with van der Waals surface area (Å²) < 4.78 is 96.4. The summed E-state index contributed by atoms with van der Waals surface area (Å²) in [4.78, 5) is 26.3. The molecule has 0 spiro atoms. The summed E-state index contributed by atoms with van der Waals surface area (Å²) in [7, 11) is 0. The van der Waals surface area contributed by atoms with E-state index in [-0.39, 0.29) is 6.42 Å². The Balaban J connectivity index is 1.53. The minimum atomic E-state index is -4.99. The lowest BCUT2D eigenvalue weighted by atomic mass is 10.00. The van der Waals surface area contributed by atoms with E-state index in [1.54, 1.807) is 24.3 Å². The van der Waals surface area contributed by atoms with Gasteiger partial charge in [-0.15, -0.1) is 10.2 Å². The highest BCUT2D eigenvalue weighted by Crippen LogP contribution is 2.41. The van der Waals surface area contributed by atoms with Crippen LogP contribution in [-0.2, 0) is 12.6 Å². The van der Waals surface area contributed by atoms with E-state index in [2.05, 4.69) is 20.4 Å². The minimum absolute atomic E-state index is 0.0313. The molecule has 3 heterocycles. The highest BCUT2D eigenvalue weighted by molar-refractivity contribution is 5.95. The van der Waals surface area contributed by atoms with Gasteiger partial charge in [-0.05, 0) is 30.7 Å². The maximum absolute atomic E-state index is 14.9. The third-order valence-corrected chi connectivity index (χ3v) is 6.65. The first-order valence-corrected chi connectivity index (χ1v) is 11.9. The fourth-order valence-electron chi connectivity index (χ4n) is 4.94. The summed E-state index contributed by atoms with van der Waals surface area (Å²) in [6.45, 7) is 0.690. The first-order chi connectivity index (χ1) is 18.7. The van der Waals surface area contributed by atoms with E-state index < -0.39 is 71.9 Å². The molecule has 0 fully saturated rings. The van der Waals surface area contributed by atoms with Crippen molar-refractivity contribution >= 4 is 16.7 Å². The van der Waals surface area contributed by atoms with Crippen molar-refractivity contribution in [1.29, 1.82) is 0 Å². The molecule has 1 aliphatic heterocycles. The largest absolute Gasteiger partial charge is 0.451 e. The zero-order valence-corrected chi connectivity index (χ0v) is 20.5. The SMILES string of the molecule is CC1CN(C(=O)c2cc(Cc3n[nH]c(=O)c4ccccc34)ccc2F)C(CC(F)(F)F)c2nnc(C(F)(F)F)n21. The predicted octanol–water partition coefficient (Wildman–Crippen LogP) is 4.97. The maximum Gasteiger partial charge on any atom is 0.451 e. The second-order valence-electron chi connectivity index (χ2n) is 9.43. The number of carbonyl (C=O) groups excluding carboxylic acids is 1. The van der Waals surface area contributed by atoms with Gasteiger partial charge in [0.1, 0.15) is 11.9 Å². The van der Waals surface area contributed by atoms with Crippen LogP contribution in [0, 0.1) is 5.82 Å². The van der Waals surface area contributed by atoms with Gasteiger partial charge in [-0.1, -0.05) is 24.3 Å². The molecule has 2 aromatic heterocycles. The molecular weight excluding hydrogens is 549 g/mol. The van der Waals surface area contributed by atoms with Crippen LogP contribution in [0.2, 0.25) is 0 Å². The number of benzene rings is 2. The Bertz CT molecular complexity index is 1660. The van der Waals surface area contributed by atoms with E-state index >= 15 is 0 Å². The molecule has 1 N–H and O–H groups in total. The lowest BCUT2D eigenvalue weighted by molar-refractivity contribution is -0.152. The van der Waals surface area contributed by atoms with Gasteiger partial charge in [-0.2, -0.15) is 31.4 Å². The van der Waals surface area contributed by atoms with Crippen molar-refractivity contribution in [3.05, 3.63) is 87.1 Å². The van der Waals surface area contributed by atoms with Crippen LogP contribution in [0.25, 0.3) is 10.8 Å². The molecule has 40 heavy (non-hydrogen) atoms. The smallest absolute Gasteiger partial charge is 0.326 e. The topological polar surface area (TPSA) is 96.8 Å². The highest BCUT2D eigenvalue weighted by Gasteiger charge is 2.48. The van der Waals surface area contributed by atoms with E-state index in [9.17, 15) is 40.3 Å². The van der Waals surface area contributed by atoms with E-state index in [1.807, 2.05) is 0 Å². The summed E-state index contributed by atoms with van der Waals surface area (Å²) >= 11 is 0. The highest BCUT2D eigenvalue weighted by atomic mass is 19.4.